The summed E-state index contributed by atoms with van der Waals surface area (Å²) in [6.45, 7) is 6.21. The Morgan fingerprint density at radius 2 is 1.45 bits per heavy atom. The van der Waals surface area contributed by atoms with E-state index in [1.54, 1.807) is 0 Å². The van der Waals surface area contributed by atoms with Crippen molar-refractivity contribution in [3.8, 4) is 22.5 Å². The van der Waals surface area contributed by atoms with Crippen LogP contribution in [-0.4, -0.2) is 9.97 Å². The van der Waals surface area contributed by atoms with Gasteiger partial charge in [-0.25, -0.2) is 0 Å². The fraction of sp³-hybridized carbons (Fsp3) is 0.105. The average molecular weight is 723 g/mol. The van der Waals surface area contributed by atoms with Crippen molar-refractivity contribution in [1.82, 2.24) is 9.97 Å². The normalized spacial score (nSPS) is 10.6. The van der Waals surface area contributed by atoms with Gasteiger partial charge in [-0.2, -0.15) is 0 Å². The van der Waals surface area contributed by atoms with Gasteiger partial charge in [0.1, 0.15) is 5.58 Å². The van der Waals surface area contributed by atoms with E-state index in [4.69, 9.17) is 4.42 Å². The number of hydrogen-bond acceptors (Lipinski definition) is 3. The minimum Gasteiger partial charge on any atom is -0.501 e. The van der Waals surface area contributed by atoms with Crippen molar-refractivity contribution in [3.63, 3.8) is 0 Å². The summed E-state index contributed by atoms with van der Waals surface area (Å²) in [5, 5.41) is 2.25. The number of aromatic nitrogens is 2. The number of hydrogen-bond donors (Lipinski definition) is 0. The summed E-state index contributed by atoms with van der Waals surface area (Å²) in [6.07, 6.45) is 4.68. The third-order valence-corrected chi connectivity index (χ3v) is 7.09. The fourth-order valence-corrected chi connectivity index (χ4v) is 4.88. The summed E-state index contributed by atoms with van der Waals surface area (Å²) >= 11 is 0. The van der Waals surface area contributed by atoms with Crippen LogP contribution in [-0.2, 0) is 26.5 Å². The summed E-state index contributed by atoms with van der Waals surface area (Å²) in [5.41, 5.74) is 11.8. The van der Waals surface area contributed by atoms with Gasteiger partial charge in [-0.1, -0.05) is 71.1 Å². The Balaban J connectivity index is 0.000000164. The third-order valence-electron chi connectivity index (χ3n) is 7.09. The molecule has 4 heteroatoms. The molecule has 0 aliphatic rings. The standard InChI is InChI=1S/C19H14NO.C19H16N.Ir/c1-12-6-8-14-15-4-3-5-16(19(15)21-18(14)10-12)17-9-7-13(2)11-20-17;1-15-7-9-16(10-8-15)13-17-11-12-20-19(14-17)18-5-3-2-4-6-18;/h3-4,6-11H,1-2H3;2-5,7-12,14H,13H2,1H3;/q2*-1;. The Hall–Kier alpha value is -4.37. The van der Waals surface area contributed by atoms with Crippen LogP contribution >= 0.6 is 0 Å². The minimum atomic E-state index is 0. The first-order chi connectivity index (χ1) is 20.0. The van der Waals surface area contributed by atoms with Crippen molar-refractivity contribution in [1.29, 1.82) is 0 Å². The van der Waals surface area contributed by atoms with Crippen LogP contribution in [0.3, 0.4) is 0 Å². The van der Waals surface area contributed by atoms with Crippen molar-refractivity contribution >= 4 is 21.9 Å². The van der Waals surface area contributed by atoms with Crippen LogP contribution < -0.4 is 0 Å². The molecule has 209 valence electrons. The summed E-state index contributed by atoms with van der Waals surface area (Å²) in [7, 11) is 0. The molecule has 0 saturated heterocycles. The molecule has 0 unspecified atom stereocenters. The number of furan rings is 1. The van der Waals surface area contributed by atoms with Crippen molar-refractivity contribution in [2.45, 2.75) is 27.2 Å². The first-order valence-corrected chi connectivity index (χ1v) is 13.8. The van der Waals surface area contributed by atoms with Crippen molar-refractivity contribution in [3.05, 3.63) is 155 Å². The van der Waals surface area contributed by atoms with E-state index in [0.717, 1.165) is 56.4 Å². The zero-order chi connectivity index (χ0) is 28.2. The topological polar surface area (TPSA) is 38.9 Å². The van der Waals surface area contributed by atoms with Crippen LogP contribution in [0.15, 0.2) is 120 Å². The maximum atomic E-state index is 6.08. The Bertz CT molecular complexity index is 1930. The minimum absolute atomic E-state index is 0. The van der Waals surface area contributed by atoms with Gasteiger partial charge in [0.2, 0.25) is 0 Å². The Labute approximate surface area is 260 Å². The van der Waals surface area contributed by atoms with E-state index >= 15 is 0 Å². The third kappa shape index (κ3) is 6.57. The molecule has 7 rings (SSSR count). The van der Waals surface area contributed by atoms with Gasteiger partial charge < -0.3 is 14.4 Å². The van der Waals surface area contributed by atoms with E-state index in [-0.39, 0.29) is 20.1 Å². The average Bonchev–Trinajstić information content (AvgIpc) is 3.37. The Kier molecular flexibility index (Phi) is 9.07. The van der Waals surface area contributed by atoms with Gasteiger partial charge in [0.25, 0.3) is 0 Å². The molecule has 42 heavy (non-hydrogen) atoms. The number of fused-ring (bicyclic) bond motifs is 3. The quantitative estimate of drug-likeness (QED) is 0.170. The number of pyridine rings is 2. The SMILES string of the molecule is Cc1ccc(-c2[c-]ccc3c2oc2cc(C)ccc23)nc1.Cc1ccc(Cc2ccnc(-c3[c-]cccc3)c2)cc1.[Ir]. The number of rotatable bonds is 4. The van der Waals surface area contributed by atoms with Gasteiger partial charge in [-0.3, -0.25) is 0 Å². The summed E-state index contributed by atoms with van der Waals surface area (Å²) in [4.78, 5) is 8.93. The first kappa shape index (κ1) is 29.1. The van der Waals surface area contributed by atoms with Crippen molar-refractivity contribution in [2.24, 2.45) is 0 Å². The van der Waals surface area contributed by atoms with E-state index in [0.29, 0.717) is 0 Å². The molecule has 3 heterocycles. The van der Waals surface area contributed by atoms with E-state index in [9.17, 15) is 0 Å². The molecule has 0 atom stereocenters. The molecule has 0 bridgehead atoms. The zero-order valence-electron chi connectivity index (χ0n) is 23.8. The molecule has 0 amide bonds. The van der Waals surface area contributed by atoms with Gasteiger partial charge in [-0.05, 0) is 73.0 Å². The Morgan fingerprint density at radius 1 is 0.643 bits per heavy atom. The molecular weight excluding hydrogens is 693 g/mol. The van der Waals surface area contributed by atoms with Crippen molar-refractivity contribution < 1.29 is 24.5 Å². The summed E-state index contributed by atoms with van der Waals surface area (Å²) < 4.78 is 6.08. The number of aryl methyl sites for hydroxylation is 3. The monoisotopic (exact) mass is 723 g/mol. The molecule has 0 fully saturated rings. The molecule has 0 saturated carbocycles. The van der Waals surface area contributed by atoms with Gasteiger partial charge in [0.05, 0.1) is 5.58 Å². The van der Waals surface area contributed by atoms with Crippen LogP contribution in [0.1, 0.15) is 27.8 Å². The molecule has 0 spiro atoms. The molecule has 0 aliphatic carbocycles. The van der Waals surface area contributed by atoms with Crippen LogP contribution in [0.4, 0.5) is 0 Å². The molecule has 0 aliphatic heterocycles. The van der Waals surface area contributed by atoms with Crippen molar-refractivity contribution in [2.75, 3.05) is 0 Å². The molecular formula is C38H30IrN2O-2. The molecule has 4 aromatic carbocycles. The smallest absolute Gasteiger partial charge is 0.121 e. The molecule has 7 aromatic rings. The second-order valence-electron chi connectivity index (χ2n) is 10.4. The maximum Gasteiger partial charge on any atom is 0.121 e. The fourth-order valence-electron chi connectivity index (χ4n) is 4.88. The van der Waals surface area contributed by atoms with E-state index < -0.39 is 0 Å². The predicted octanol–water partition coefficient (Wildman–Crippen LogP) is 9.51. The predicted molar refractivity (Wildman–Crippen MR) is 168 cm³/mol. The second-order valence-corrected chi connectivity index (χ2v) is 10.4. The van der Waals surface area contributed by atoms with E-state index in [2.05, 4.69) is 96.6 Å². The van der Waals surface area contributed by atoms with Gasteiger partial charge in [-0.15, -0.1) is 54.1 Å². The van der Waals surface area contributed by atoms with Gasteiger partial charge >= 0.3 is 0 Å². The molecule has 3 nitrogen and oxygen atoms in total. The van der Waals surface area contributed by atoms with Crippen LogP contribution in [0, 0.1) is 32.9 Å². The summed E-state index contributed by atoms with van der Waals surface area (Å²) in [5.74, 6) is 0. The number of nitrogens with zero attached hydrogens (tertiary/aromatic N) is 2. The van der Waals surface area contributed by atoms with Crippen LogP contribution in [0.2, 0.25) is 0 Å². The largest absolute Gasteiger partial charge is 0.501 e. The number of benzene rings is 4. The summed E-state index contributed by atoms with van der Waals surface area (Å²) in [6, 6.07) is 41.7. The van der Waals surface area contributed by atoms with Crippen LogP contribution in [0.5, 0.6) is 0 Å². The molecule has 3 aromatic heterocycles. The zero-order valence-corrected chi connectivity index (χ0v) is 26.2. The molecule has 1 radical (unpaired) electrons. The Morgan fingerprint density at radius 3 is 2.21 bits per heavy atom. The van der Waals surface area contributed by atoms with E-state index in [1.807, 2.05) is 61.8 Å². The van der Waals surface area contributed by atoms with E-state index in [1.165, 1.54) is 22.3 Å². The maximum absolute atomic E-state index is 6.08. The van der Waals surface area contributed by atoms with Gasteiger partial charge in [0.15, 0.2) is 0 Å². The van der Waals surface area contributed by atoms with Gasteiger partial charge in [0, 0.05) is 37.9 Å². The van der Waals surface area contributed by atoms with Crippen LogP contribution in [0.25, 0.3) is 44.5 Å². The second kappa shape index (κ2) is 13.1. The molecule has 0 N–H and O–H groups in total. The first-order valence-electron chi connectivity index (χ1n) is 13.8.